The summed E-state index contributed by atoms with van der Waals surface area (Å²) >= 11 is 3.30. The molecule has 1 saturated heterocycles. The first-order valence-electron chi connectivity index (χ1n) is 5.80. The number of nitrogens with zero attached hydrogens (tertiary/aromatic N) is 2. The van der Waals surface area contributed by atoms with Gasteiger partial charge in [0.25, 0.3) is 10.0 Å². The Hall–Kier alpha value is -0.440. The third-order valence-electron chi connectivity index (χ3n) is 2.92. The van der Waals surface area contributed by atoms with E-state index < -0.39 is 10.0 Å². The molecule has 102 valence electrons. The first-order valence-corrected chi connectivity index (χ1v) is 8.37. The largest absolute Gasteiger partial charge is 0.377 e. The van der Waals surface area contributed by atoms with E-state index in [1.165, 1.54) is 16.8 Å². The van der Waals surface area contributed by atoms with Gasteiger partial charge < -0.3 is 9.72 Å². The van der Waals surface area contributed by atoms with Crippen LogP contribution >= 0.6 is 15.9 Å². The minimum Gasteiger partial charge on any atom is -0.377 e. The van der Waals surface area contributed by atoms with Crippen LogP contribution < -0.4 is 0 Å². The summed E-state index contributed by atoms with van der Waals surface area (Å²) in [5.74, 6) is 0. The molecule has 0 atom stereocenters. The maximum atomic E-state index is 12.2. The van der Waals surface area contributed by atoms with Crippen LogP contribution in [0.3, 0.4) is 0 Å². The number of nitrogens with one attached hydrogen (secondary N) is 1. The highest BCUT2D eigenvalue weighted by atomic mass is 79.9. The molecule has 1 aromatic heterocycles. The van der Waals surface area contributed by atoms with E-state index in [2.05, 4.69) is 25.9 Å². The van der Waals surface area contributed by atoms with Gasteiger partial charge in [0, 0.05) is 18.4 Å². The lowest BCUT2D eigenvalue weighted by atomic mass is 10.1. The monoisotopic (exact) mass is 337 g/mol. The Balaban J connectivity index is 1.94. The number of hydrogen-bond acceptors (Lipinski definition) is 4. The highest BCUT2D eigenvalue weighted by Gasteiger charge is 2.30. The summed E-state index contributed by atoms with van der Waals surface area (Å²) in [6, 6.07) is 0. The van der Waals surface area contributed by atoms with Gasteiger partial charge in [-0.3, -0.25) is 0 Å². The number of ether oxygens (including phenoxy) is 1. The van der Waals surface area contributed by atoms with Crippen molar-refractivity contribution in [2.24, 2.45) is 0 Å². The molecule has 0 bridgehead atoms. The summed E-state index contributed by atoms with van der Waals surface area (Å²) in [4.78, 5) is 6.39. The zero-order valence-corrected chi connectivity index (χ0v) is 12.3. The summed E-state index contributed by atoms with van der Waals surface area (Å²) in [5.41, 5.74) is 0. The third-order valence-corrected chi connectivity index (χ3v) is 5.07. The Morgan fingerprint density at radius 1 is 1.50 bits per heavy atom. The van der Waals surface area contributed by atoms with Crippen molar-refractivity contribution in [1.29, 1.82) is 0 Å². The lowest BCUT2D eigenvalue weighted by molar-refractivity contribution is 0.0309. The lowest BCUT2D eigenvalue weighted by Crippen LogP contribution is -2.41. The first-order chi connectivity index (χ1) is 8.64. The van der Waals surface area contributed by atoms with Gasteiger partial charge in [0.2, 0.25) is 0 Å². The molecule has 0 radical (unpaired) electrons. The first kappa shape index (κ1) is 14.0. The van der Waals surface area contributed by atoms with Crippen LogP contribution in [0.25, 0.3) is 0 Å². The summed E-state index contributed by atoms with van der Waals surface area (Å²) in [6.45, 7) is 1.65. The molecule has 0 unspecified atom stereocenters. The van der Waals surface area contributed by atoms with E-state index in [9.17, 15) is 8.42 Å². The second-order valence-corrected chi connectivity index (χ2v) is 6.78. The van der Waals surface area contributed by atoms with Gasteiger partial charge in [0.1, 0.15) is 0 Å². The molecular formula is C10H16BrN3O3S. The Bertz CT molecular complexity index is 455. The fourth-order valence-electron chi connectivity index (χ4n) is 1.97. The second-order valence-electron chi connectivity index (χ2n) is 4.08. The Kier molecular flexibility index (Phi) is 4.77. The molecule has 1 aliphatic heterocycles. The quantitative estimate of drug-likeness (QED) is 0.812. The van der Waals surface area contributed by atoms with Crippen LogP contribution in [0.5, 0.6) is 0 Å². The van der Waals surface area contributed by atoms with Crippen molar-refractivity contribution in [3.63, 3.8) is 0 Å². The molecule has 0 amide bonds. The molecule has 18 heavy (non-hydrogen) atoms. The number of hydrogen-bond donors (Lipinski definition) is 1. The number of rotatable bonds is 5. The molecule has 0 aliphatic carbocycles. The predicted molar refractivity (Wildman–Crippen MR) is 70.1 cm³/mol. The van der Waals surface area contributed by atoms with Crippen LogP contribution in [0, 0.1) is 0 Å². The zero-order chi connectivity index (χ0) is 13.0. The van der Waals surface area contributed by atoms with Crippen LogP contribution in [0.4, 0.5) is 0 Å². The van der Waals surface area contributed by atoms with Gasteiger partial charge >= 0.3 is 0 Å². The second kappa shape index (κ2) is 6.14. The molecule has 0 saturated carbocycles. The Morgan fingerprint density at radius 3 is 2.78 bits per heavy atom. The fraction of sp³-hybridized carbons (Fsp3) is 0.700. The van der Waals surface area contributed by atoms with E-state index in [-0.39, 0.29) is 11.1 Å². The lowest BCUT2D eigenvalue weighted by Gasteiger charge is -2.30. The Labute approximate surface area is 115 Å². The molecule has 2 heterocycles. The SMILES string of the molecule is O=S(=O)(c1cnc[nH]1)N1CCC(OCCBr)CC1. The van der Waals surface area contributed by atoms with Crippen LogP contribution in [0.15, 0.2) is 17.6 Å². The van der Waals surface area contributed by atoms with Crippen LogP contribution in [0.1, 0.15) is 12.8 Å². The van der Waals surface area contributed by atoms with E-state index in [0.717, 1.165) is 18.2 Å². The fourth-order valence-corrected chi connectivity index (χ4v) is 3.53. The molecular weight excluding hydrogens is 322 g/mol. The Morgan fingerprint density at radius 2 is 2.22 bits per heavy atom. The number of H-pyrrole nitrogens is 1. The van der Waals surface area contributed by atoms with Crippen molar-refractivity contribution in [3.8, 4) is 0 Å². The number of alkyl halides is 1. The number of imidazole rings is 1. The van der Waals surface area contributed by atoms with Gasteiger partial charge in [0.05, 0.1) is 25.2 Å². The van der Waals surface area contributed by atoms with Crippen molar-refractivity contribution < 1.29 is 13.2 Å². The molecule has 6 nitrogen and oxygen atoms in total. The number of piperidine rings is 1. The summed E-state index contributed by atoms with van der Waals surface area (Å²) in [5, 5.41) is 0.960. The van der Waals surface area contributed by atoms with Gasteiger partial charge in [-0.1, -0.05) is 15.9 Å². The van der Waals surface area contributed by atoms with E-state index in [1.807, 2.05) is 0 Å². The molecule has 1 N–H and O–H groups in total. The van der Waals surface area contributed by atoms with Gasteiger partial charge in [-0.25, -0.2) is 13.4 Å². The van der Waals surface area contributed by atoms with Crippen molar-refractivity contribution in [2.75, 3.05) is 25.0 Å². The number of halogens is 1. The van der Waals surface area contributed by atoms with Gasteiger partial charge in [-0.15, -0.1) is 0 Å². The van der Waals surface area contributed by atoms with Gasteiger partial charge in [-0.2, -0.15) is 4.31 Å². The molecule has 8 heteroatoms. The van der Waals surface area contributed by atoms with Crippen LogP contribution in [-0.4, -0.2) is 53.8 Å². The maximum Gasteiger partial charge on any atom is 0.260 e. The number of sulfonamides is 1. The minimum absolute atomic E-state index is 0.155. The van der Waals surface area contributed by atoms with Gasteiger partial charge in [-0.05, 0) is 12.8 Å². The number of aromatic amines is 1. The average Bonchev–Trinajstić information content (AvgIpc) is 2.91. The molecule has 1 aliphatic rings. The maximum absolute atomic E-state index is 12.2. The molecule has 0 aromatic carbocycles. The highest BCUT2D eigenvalue weighted by molar-refractivity contribution is 9.09. The van der Waals surface area contributed by atoms with E-state index in [0.29, 0.717) is 19.7 Å². The van der Waals surface area contributed by atoms with E-state index in [4.69, 9.17) is 4.74 Å². The molecule has 0 spiro atoms. The van der Waals surface area contributed by atoms with Crippen molar-refractivity contribution in [2.45, 2.75) is 24.0 Å². The topological polar surface area (TPSA) is 75.3 Å². The average molecular weight is 338 g/mol. The van der Waals surface area contributed by atoms with Gasteiger partial charge in [0.15, 0.2) is 5.03 Å². The van der Waals surface area contributed by atoms with E-state index in [1.54, 1.807) is 0 Å². The smallest absolute Gasteiger partial charge is 0.260 e. The predicted octanol–water partition coefficient (Wildman–Crippen LogP) is 0.974. The standard InChI is InChI=1S/C10H16BrN3O3S/c11-3-6-17-9-1-4-14(5-2-9)18(15,16)10-7-12-8-13-10/h7-9H,1-6H2,(H,12,13). The summed E-state index contributed by atoms with van der Waals surface area (Å²) in [6.07, 6.45) is 4.35. The third kappa shape index (κ3) is 3.11. The minimum atomic E-state index is -3.41. The van der Waals surface area contributed by atoms with Crippen LogP contribution in [0.2, 0.25) is 0 Å². The van der Waals surface area contributed by atoms with E-state index >= 15 is 0 Å². The zero-order valence-electron chi connectivity index (χ0n) is 9.88. The van der Waals surface area contributed by atoms with Crippen molar-refractivity contribution >= 4 is 26.0 Å². The van der Waals surface area contributed by atoms with Crippen LogP contribution in [-0.2, 0) is 14.8 Å². The van der Waals surface area contributed by atoms with Crippen molar-refractivity contribution in [1.82, 2.24) is 14.3 Å². The molecule has 1 aromatic rings. The molecule has 2 rings (SSSR count). The summed E-state index contributed by atoms with van der Waals surface area (Å²) in [7, 11) is -3.41. The summed E-state index contributed by atoms with van der Waals surface area (Å²) < 4.78 is 31.4. The highest BCUT2D eigenvalue weighted by Crippen LogP contribution is 2.20. The van der Waals surface area contributed by atoms with Crippen molar-refractivity contribution in [3.05, 3.63) is 12.5 Å². The molecule has 1 fully saturated rings. The number of aromatic nitrogens is 2. The normalized spacial score (nSPS) is 19.2.